The number of rotatable bonds is 5. The average Bonchev–Trinajstić information content (AvgIpc) is 3.06. The smallest absolute Gasteiger partial charge is 0.148 e. The van der Waals surface area contributed by atoms with E-state index in [1.165, 1.54) is 10.3 Å². The molecular weight excluding hydrogens is 278 g/mol. The molecule has 3 aromatic rings. The molecule has 2 unspecified atom stereocenters. The summed E-state index contributed by atoms with van der Waals surface area (Å²) in [6.45, 7) is 2.09. The van der Waals surface area contributed by atoms with Crippen molar-refractivity contribution in [3.8, 4) is 5.75 Å². The van der Waals surface area contributed by atoms with Crippen molar-refractivity contribution in [1.82, 2.24) is 0 Å². The van der Waals surface area contributed by atoms with Crippen LogP contribution in [0, 0.1) is 0 Å². The van der Waals surface area contributed by atoms with Gasteiger partial charge in [0, 0.05) is 16.3 Å². The van der Waals surface area contributed by atoms with Crippen LogP contribution in [0.2, 0.25) is 0 Å². The van der Waals surface area contributed by atoms with Gasteiger partial charge >= 0.3 is 0 Å². The van der Waals surface area contributed by atoms with Gasteiger partial charge in [0.05, 0.1) is 0 Å². The van der Waals surface area contributed by atoms with E-state index in [9.17, 15) is 0 Å². The minimum atomic E-state index is -0.0965. The molecule has 0 spiro atoms. The second-order valence-corrected chi connectivity index (χ2v) is 6.08. The van der Waals surface area contributed by atoms with Crippen molar-refractivity contribution in [3.63, 3.8) is 0 Å². The van der Waals surface area contributed by atoms with Gasteiger partial charge in [-0.2, -0.15) is 0 Å². The number of nitrogens with two attached hydrogens (primary N) is 1. The fourth-order valence-electron chi connectivity index (χ4n) is 2.46. The highest BCUT2D eigenvalue weighted by atomic mass is 32.1. The van der Waals surface area contributed by atoms with Crippen LogP contribution in [0.5, 0.6) is 5.75 Å². The van der Waals surface area contributed by atoms with Crippen molar-refractivity contribution in [2.24, 2.45) is 5.73 Å². The molecule has 0 saturated heterocycles. The van der Waals surface area contributed by atoms with Crippen LogP contribution in [-0.2, 0) is 0 Å². The zero-order valence-electron chi connectivity index (χ0n) is 12.0. The third kappa shape index (κ3) is 2.94. The fraction of sp³-hybridized carbons (Fsp3) is 0.222. The van der Waals surface area contributed by atoms with Crippen LogP contribution in [0.15, 0.2) is 60.0 Å². The summed E-state index contributed by atoms with van der Waals surface area (Å²) in [5.74, 6) is 0.899. The van der Waals surface area contributed by atoms with Crippen molar-refractivity contribution in [3.05, 3.63) is 64.9 Å². The Morgan fingerprint density at radius 3 is 2.62 bits per heavy atom. The molecule has 0 amide bonds. The van der Waals surface area contributed by atoms with Crippen molar-refractivity contribution >= 4 is 22.1 Å². The maximum Gasteiger partial charge on any atom is 0.148 e. The Kier molecular flexibility index (Phi) is 4.23. The maximum absolute atomic E-state index is 6.31. The molecule has 3 rings (SSSR count). The standard InChI is InChI=1S/C18H19NOS/c1-2-15(19)18(17-11-6-12-21-17)20-16-10-5-8-13-7-3-4-9-14(13)16/h3-12,15,18H,2,19H2,1H3. The van der Waals surface area contributed by atoms with E-state index in [0.29, 0.717) is 0 Å². The molecule has 21 heavy (non-hydrogen) atoms. The van der Waals surface area contributed by atoms with Gasteiger partial charge < -0.3 is 10.5 Å². The molecule has 1 heterocycles. The molecule has 0 fully saturated rings. The Morgan fingerprint density at radius 2 is 1.86 bits per heavy atom. The first-order valence-corrected chi connectivity index (χ1v) is 8.11. The molecule has 2 nitrogen and oxygen atoms in total. The van der Waals surface area contributed by atoms with Crippen molar-refractivity contribution in [2.45, 2.75) is 25.5 Å². The van der Waals surface area contributed by atoms with E-state index in [-0.39, 0.29) is 12.1 Å². The molecule has 3 heteroatoms. The van der Waals surface area contributed by atoms with E-state index < -0.39 is 0 Å². The molecule has 0 saturated carbocycles. The van der Waals surface area contributed by atoms with Gasteiger partial charge in [-0.15, -0.1) is 11.3 Å². The number of fused-ring (bicyclic) bond motifs is 1. The zero-order chi connectivity index (χ0) is 14.7. The predicted molar refractivity (Wildman–Crippen MR) is 89.9 cm³/mol. The topological polar surface area (TPSA) is 35.2 Å². The summed E-state index contributed by atoms with van der Waals surface area (Å²) >= 11 is 1.69. The van der Waals surface area contributed by atoms with Gasteiger partial charge in [-0.1, -0.05) is 49.4 Å². The van der Waals surface area contributed by atoms with Crippen LogP contribution in [-0.4, -0.2) is 6.04 Å². The highest BCUT2D eigenvalue weighted by Gasteiger charge is 2.22. The lowest BCUT2D eigenvalue weighted by Gasteiger charge is -2.24. The first-order chi connectivity index (χ1) is 10.3. The summed E-state index contributed by atoms with van der Waals surface area (Å²) in [6, 6.07) is 18.5. The molecule has 0 radical (unpaired) electrons. The van der Waals surface area contributed by atoms with Gasteiger partial charge in [0.15, 0.2) is 0 Å². The van der Waals surface area contributed by atoms with Crippen molar-refractivity contribution in [1.29, 1.82) is 0 Å². The normalized spacial score (nSPS) is 14.0. The Morgan fingerprint density at radius 1 is 1.05 bits per heavy atom. The van der Waals surface area contributed by atoms with E-state index in [0.717, 1.165) is 17.6 Å². The Hall–Kier alpha value is -1.84. The van der Waals surface area contributed by atoms with E-state index in [1.54, 1.807) is 11.3 Å². The van der Waals surface area contributed by atoms with E-state index >= 15 is 0 Å². The highest BCUT2D eigenvalue weighted by Crippen LogP contribution is 2.32. The van der Waals surface area contributed by atoms with E-state index in [1.807, 2.05) is 30.3 Å². The van der Waals surface area contributed by atoms with Crippen LogP contribution >= 0.6 is 11.3 Å². The molecule has 0 aliphatic rings. The van der Waals surface area contributed by atoms with Crippen molar-refractivity contribution < 1.29 is 4.74 Å². The van der Waals surface area contributed by atoms with Gasteiger partial charge in [0.1, 0.15) is 11.9 Å². The fourth-order valence-corrected chi connectivity index (χ4v) is 3.29. The Labute approximate surface area is 129 Å². The minimum absolute atomic E-state index is 0.0115. The summed E-state index contributed by atoms with van der Waals surface area (Å²) in [6.07, 6.45) is 0.786. The molecule has 2 atom stereocenters. The summed E-state index contributed by atoms with van der Waals surface area (Å²) in [5.41, 5.74) is 6.28. The highest BCUT2D eigenvalue weighted by molar-refractivity contribution is 7.10. The molecule has 2 N–H and O–H groups in total. The number of benzene rings is 2. The quantitative estimate of drug-likeness (QED) is 0.737. The van der Waals surface area contributed by atoms with Crippen molar-refractivity contribution in [2.75, 3.05) is 0 Å². The summed E-state index contributed by atoms with van der Waals surface area (Å²) < 4.78 is 6.31. The molecule has 0 bridgehead atoms. The van der Waals surface area contributed by atoms with E-state index in [4.69, 9.17) is 10.5 Å². The SMILES string of the molecule is CCC(N)C(Oc1cccc2ccccc12)c1cccs1. The number of hydrogen-bond acceptors (Lipinski definition) is 3. The summed E-state index contributed by atoms with van der Waals surface area (Å²) in [5, 5.41) is 4.38. The molecule has 108 valence electrons. The monoisotopic (exact) mass is 297 g/mol. The van der Waals surface area contributed by atoms with Crippen LogP contribution in [0.4, 0.5) is 0 Å². The molecule has 1 aromatic heterocycles. The third-order valence-electron chi connectivity index (χ3n) is 3.69. The first kappa shape index (κ1) is 14.1. The van der Waals surface area contributed by atoms with Crippen LogP contribution < -0.4 is 10.5 Å². The molecule has 0 aliphatic heterocycles. The lowest BCUT2D eigenvalue weighted by Crippen LogP contribution is -2.30. The second-order valence-electron chi connectivity index (χ2n) is 5.10. The van der Waals surface area contributed by atoms with Gasteiger partial charge in [0.2, 0.25) is 0 Å². The summed E-state index contributed by atoms with van der Waals surface area (Å²) in [4.78, 5) is 1.18. The van der Waals surface area contributed by atoms with Gasteiger partial charge in [-0.3, -0.25) is 0 Å². The van der Waals surface area contributed by atoms with Gasteiger partial charge in [0.25, 0.3) is 0 Å². The average molecular weight is 297 g/mol. The predicted octanol–water partition coefficient (Wildman–Crippen LogP) is 4.76. The van der Waals surface area contributed by atoms with Gasteiger partial charge in [-0.25, -0.2) is 0 Å². The number of hydrogen-bond donors (Lipinski definition) is 1. The number of ether oxygens (including phenoxy) is 1. The number of thiophene rings is 1. The van der Waals surface area contributed by atoms with Crippen LogP contribution in [0.3, 0.4) is 0 Å². The third-order valence-corrected chi connectivity index (χ3v) is 4.62. The summed E-state index contributed by atoms with van der Waals surface area (Å²) in [7, 11) is 0. The Balaban J connectivity index is 1.98. The second kappa shape index (κ2) is 6.29. The molecular formula is C18H19NOS. The lowest BCUT2D eigenvalue weighted by molar-refractivity contribution is 0.177. The molecule has 0 aliphatic carbocycles. The first-order valence-electron chi connectivity index (χ1n) is 7.23. The maximum atomic E-state index is 6.31. The largest absolute Gasteiger partial charge is 0.483 e. The van der Waals surface area contributed by atoms with Crippen LogP contribution in [0.1, 0.15) is 24.3 Å². The van der Waals surface area contributed by atoms with E-state index in [2.05, 4.69) is 36.6 Å². The lowest BCUT2D eigenvalue weighted by atomic mass is 10.1. The van der Waals surface area contributed by atoms with Crippen LogP contribution in [0.25, 0.3) is 10.8 Å². The zero-order valence-corrected chi connectivity index (χ0v) is 12.8. The molecule has 2 aromatic carbocycles. The minimum Gasteiger partial charge on any atom is -0.483 e. The Bertz CT molecular complexity index is 703. The van der Waals surface area contributed by atoms with Gasteiger partial charge in [-0.05, 0) is 29.3 Å².